The maximum Gasteiger partial charge on any atom is 0.187 e. The highest BCUT2D eigenvalue weighted by Crippen LogP contribution is 2.28. The SMILES string of the molecule is CC(C)(C#N)c1cc(-c2cncc(-c3cc(-c4ccc(C(N)CF)cc4)no3)n2)ccn1. The Hall–Kier alpha value is -3.96. The van der Waals surface area contributed by atoms with Crippen LogP contribution in [0.1, 0.15) is 31.1 Å². The van der Waals surface area contributed by atoms with E-state index >= 15 is 0 Å². The molecule has 0 aliphatic heterocycles. The van der Waals surface area contributed by atoms with Crippen molar-refractivity contribution in [2.45, 2.75) is 25.3 Å². The lowest BCUT2D eigenvalue weighted by atomic mass is 9.90. The Labute approximate surface area is 184 Å². The predicted octanol–water partition coefficient (Wildman–Crippen LogP) is 4.63. The summed E-state index contributed by atoms with van der Waals surface area (Å²) in [5.41, 5.74) is 9.76. The number of halogens is 1. The van der Waals surface area contributed by atoms with Gasteiger partial charge in [-0.2, -0.15) is 5.26 Å². The number of rotatable bonds is 6. The van der Waals surface area contributed by atoms with E-state index in [4.69, 9.17) is 10.3 Å². The number of nitrogens with zero attached hydrogens (tertiary/aromatic N) is 5. The number of benzene rings is 1. The summed E-state index contributed by atoms with van der Waals surface area (Å²) in [6.07, 6.45) is 4.90. The number of alkyl halides is 1. The minimum absolute atomic E-state index is 0.463. The molecule has 3 aromatic heterocycles. The molecule has 0 aliphatic rings. The zero-order chi connectivity index (χ0) is 22.7. The topological polar surface area (TPSA) is 115 Å². The number of pyridine rings is 1. The molecule has 0 radical (unpaired) electrons. The molecule has 3 heterocycles. The number of hydrogen-bond acceptors (Lipinski definition) is 7. The molecule has 8 heteroatoms. The summed E-state index contributed by atoms with van der Waals surface area (Å²) in [5, 5.41) is 13.5. The summed E-state index contributed by atoms with van der Waals surface area (Å²) >= 11 is 0. The first-order chi connectivity index (χ1) is 15.4. The van der Waals surface area contributed by atoms with Crippen LogP contribution in [0.25, 0.3) is 34.0 Å². The molecule has 0 spiro atoms. The van der Waals surface area contributed by atoms with Crippen molar-refractivity contribution in [2.75, 3.05) is 6.67 Å². The highest BCUT2D eigenvalue weighted by molar-refractivity contribution is 5.67. The first kappa shape index (κ1) is 21.3. The van der Waals surface area contributed by atoms with Gasteiger partial charge in [-0.25, -0.2) is 9.37 Å². The van der Waals surface area contributed by atoms with Crippen molar-refractivity contribution in [2.24, 2.45) is 5.73 Å². The summed E-state index contributed by atoms with van der Waals surface area (Å²) in [5.74, 6) is 0.463. The van der Waals surface area contributed by atoms with E-state index in [1.54, 1.807) is 36.8 Å². The zero-order valence-corrected chi connectivity index (χ0v) is 17.7. The molecule has 1 unspecified atom stereocenters. The van der Waals surface area contributed by atoms with Crippen molar-refractivity contribution in [1.82, 2.24) is 20.1 Å². The van der Waals surface area contributed by atoms with Crippen LogP contribution in [0.3, 0.4) is 0 Å². The average molecular weight is 428 g/mol. The first-order valence-electron chi connectivity index (χ1n) is 10.0. The third-order valence-electron chi connectivity index (χ3n) is 5.17. The largest absolute Gasteiger partial charge is 0.354 e. The fourth-order valence-electron chi connectivity index (χ4n) is 3.13. The lowest BCUT2D eigenvalue weighted by Gasteiger charge is -2.15. The lowest BCUT2D eigenvalue weighted by molar-refractivity contribution is 0.433. The fourth-order valence-corrected chi connectivity index (χ4v) is 3.13. The van der Waals surface area contributed by atoms with Gasteiger partial charge in [-0.05, 0) is 31.5 Å². The van der Waals surface area contributed by atoms with Crippen molar-refractivity contribution in [3.05, 3.63) is 72.3 Å². The molecule has 7 nitrogen and oxygen atoms in total. The Kier molecular flexibility index (Phi) is 5.75. The van der Waals surface area contributed by atoms with Crippen LogP contribution in [0.4, 0.5) is 4.39 Å². The highest BCUT2D eigenvalue weighted by Gasteiger charge is 2.22. The van der Waals surface area contributed by atoms with E-state index < -0.39 is 18.1 Å². The smallest absolute Gasteiger partial charge is 0.187 e. The Morgan fingerprint density at radius 2 is 1.81 bits per heavy atom. The van der Waals surface area contributed by atoms with Gasteiger partial charge in [0.2, 0.25) is 0 Å². The molecular weight excluding hydrogens is 407 g/mol. The van der Waals surface area contributed by atoms with E-state index in [-0.39, 0.29) is 0 Å². The monoisotopic (exact) mass is 428 g/mol. The molecule has 160 valence electrons. The summed E-state index contributed by atoms with van der Waals surface area (Å²) in [6.45, 7) is 3.01. The Balaban J connectivity index is 1.62. The predicted molar refractivity (Wildman–Crippen MR) is 118 cm³/mol. The van der Waals surface area contributed by atoms with Crippen molar-refractivity contribution < 1.29 is 8.91 Å². The van der Waals surface area contributed by atoms with E-state index in [2.05, 4.69) is 26.2 Å². The molecule has 0 amide bonds. The van der Waals surface area contributed by atoms with Crippen LogP contribution in [-0.2, 0) is 5.41 Å². The van der Waals surface area contributed by atoms with Crippen molar-refractivity contribution in [3.63, 3.8) is 0 Å². The van der Waals surface area contributed by atoms with Gasteiger partial charge >= 0.3 is 0 Å². The summed E-state index contributed by atoms with van der Waals surface area (Å²) in [6, 6.07) is 14.3. The second-order valence-electron chi connectivity index (χ2n) is 7.92. The van der Waals surface area contributed by atoms with Gasteiger partial charge in [-0.15, -0.1) is 0 Å². The number of hydrogen-bond donors (Lipinski definition) is 1. The minimum Gasteiger partial charge on any atom is -0.354 e. The summed E-state index contributed by atoms with van der Waals surface area (Å²) in [4.78, 5) is 13.3. The third-order valence-corrected chi connectivity index (χ3v) is 5.17. The van der Waals surface area contributed by atoms with Crippen LogP contribution in [-0.4, -0.2) is 26.8 Å². The van der Waals surface area contributed by atoms with Crippen LogP contribution in [0.15, 0.2) is 65.6 Å². The van der Waals surface area contributed by atoms with Crippen LogP contribution >= 0.6 is 0 Å². The quantitative estimate of drug-likeness (QED) is 0.476. The molecule has 1 atom stereocenters. The van der Waals surface area contributed by atoms with E-state index in [1.165, 1.54) is 0 Å². The normalized spacial score (nSPS) is 12.3. The number of aromatic nitrogens is 4. The Bertz CT molecular complexity index is 1280. The standard InChI is InChI=1S/C24H21FN6O/c1-24(2,14-26)23-9-17(7-8-29-23)20-12-28-13-21(30-20)22-10-19(31-32-22)16-5-3-15(4-6-16)18(27)11-25/h3-10,12-13,18H,11,27H2,1-2H3. The first-order valence-corrected chi connectivity index (χ1v) is 10.0. The van der Waals surface area contributed by atoms with Crippen LogP contribution < -0.4 is 5.73 Å². The maximum absolute atomic E-state index is 12.8. The number of nitriles is 1. The molecule has 0 bridgehead atoms. The van der Waals surface area contributed by atoms with Crippen molar-refractivity contribution in [1.29, 1.82) is 5.26 Å². The van der Waals surface area contributed by atoms with Gasteiger partial charge in [-0.3, -0.25) is 9.97 Å². The molecule has 2 N–H and O–H groups in total. The zero-order valence-electron chi connectivity index (χ0n) is 17.7. The molecule has 0 saturated carbocycles. The molecule has 4 rings (SSSR count). The molecule has 0 fully saturated rings. The Morgan fingerprint density at radius 3 is 2.53 bits per heavy atom. The van der Waals surface area contributed by atoms with Gasteiger partial charge in [-0.1, -0.05) is 29.4 Å². The van der Waals surface area contributed by atoms with Gasteiger partial charge in [0.15, 0.2) is 5.76 Å². The summed E-state index contributed by atoms with van der Waals surface area (Å²) in [7, 11) is 0. The minimum atomic E-state index is -0.718. The van der Waals surface area contributed by atoms with E-state index in [0.29, 0.717) is 28.5 Å². The molecule has 0 saturated heterocycles. The van der Waals surface area contributed by atoms with Crippen LogP contribution in [0.5, 0.6) is 0 Å². The maximum atomic E-state index is 12.8. The van der Waals surface area contributed by atoms with E-state index in [1.807, 2.05) is 38.1 Å². The number of nitrogens with two attached hydrogens (primary N) is 1. The highest BCUT2D eigenvalue weighted by atomic mass is 19.1. The molecule has 1 aromatic carbocycles. The summed E-state index contributed by atoms with van der Waals surface area (Å²) < 4.78 is 18.3. The van der Waals surface area contributed by atoms with Gasteiger partial charge in [0, 0.05) is 23.4 Å². The Morgan fingerprint density at radius 1 is 1.06 bits per heavy atom. The van der Waals surface area contributed by atoms with Crippen LogP contribution in [0.2, 0.25) is 0 Å². The van der Waals surface area contributed by atoms with Crippen molar-refractivity contribution >= 4 is 0 Å². The lowest BCUT2D eigenvalue weighted by Crippen LogP contribution is -2.15. The molecular formula is C24H21FN6O. The van der Waals surface area contributed by atoms with Crippen molar-refractivity contribution in [3.8, 4) is 40.0 Å². The second-order valence-corrected chi connectivity index (χ2v) is 7.92. The van der Waals surface area contributed by atoms with Gasteiger partial charge in [0.25, 0.3) is 0 Å². The van der Waals surface area contributed by atoms with E-state index in [0.717, 1.165) is 16.7 Å². The molecule has 4 aromatic rings. The van der Waals surface area contributed by atoms with Gasteiger partial charge in [0.05, 0.1) is 41.3 Å². The molecule has 0 aliphatic carbocycles. The average Bonchev–Trinajstić information content (AvgIpc) is 3.34. The van der Waals surface area contributed by atoms with Gasteiger partial charge < -0.3 is 10.3 Å². The third kappa shape index (κ3) is 4.24. The van der Waals surface area contributed by atoms with E-state index in [9.17, 15) is 9.65 Å². The van der Waals surface area contributed by atoms with Crippen LogP contribution in [0, 0.1) is 11.3 Å². The second kappa shape index (κ2) is 8.65. The van der Waals surface area contributed by atoms with Gasteiger partial charge in [0.1, 0.15) is 18.1 Å². The fraction of sp³-hybridized carbons (Fsp3) is 0.208. The molecule has 32 heavy (non-hydrogen) atoms.